The largest absolute Gasteiger partial charge is 0.377 e. The summed E-state index contributed by atoms with van der Waals surface area (Å²) in [6, 6.07) is 14.1. The highest BCUT2D eigenvalue weighted by Crippen LogP contribution is 2.45. The van der Waals surface area contributed by atoms with E-state index in [1.165, 1.54) is 5.56 Å². The zero-order valence-corrected chi connectivity index (χ0v) is 14.3. The van der Waals surface area contributed by atoms with Crippen LogP contribution in [0.2, 0.25) is 0 Å². The summed E-state index contributed by atoms with van der Waals surface area (Å²) in [5.41, 5.74) is 1.93. The van der Waals surface area contributed by atoms with E-state index in [-0.39, 0.29) is 18.1 Å². The van der Waals surface area contributed by atoms with Crippen LogP contribution in [-0.4, -0.2) is 36.7 Å². The van der Waals surface area contributed by atoms with Crippen LogP contribution in [-0.2, 0) is 11.2 Å². The Labute approximate surface area is 147 Å². The Balaban J connectivity index is 1.48. The van der Waals surface area contributed by atoms with Gasteiger partial charge < -0.3 is 15.4 Å². The zero-order chi connectivity index (χ0) is 17.2. The van der Waals surface area contributed by atoms with Crippen molar-refractivity contribution in [1.82, 2.24) is 10.3 Å². The maximum atomic E-state index is 12.7. The molecule has 1 amide bonds. The Morgan fingerprint density at radius 2 is 2.12 bits per heavy atom. The van der Waals surface area contributed by atoms with E-state index in [9.17, 15) is 4.79 Å². The second kappa shape index (κ2) is 6.84. The van der Waals surface area contributed by atoms with Crippen LogP contribution in [0.1, 0.15) is 22.3 Å². The number of hydrogen-bond donors (Lipinski definition) is 2. The van der Waals surface area contributed by atoms with Crippen LogP contribution in [0.25, 0.3) is 0 Å². The minimum atomic E-state index is -0.0349. The molecule has 4 rings (SSSR count). The van der Waals surface area contributed by atoms with Gasteiger partial charge in [-0.1, -0.05) is 30.3 Å². The summed E-state index contributed by atoms with van der Waals surface area (Å²) in [6.07, 6.45) is 3.89. The molecule has 5 nitrogen and oxygen atoms in total. The standard InChI is InChI=1S/C20H23N3O2/c1-21-17-12-14(7-9-22-17)20(24)23-18-15-8-10-25-19(15)16(18)11-13-5-3-2-4-6-13/h2-7,9,12,15-16,18-19H,8,10-11H2,1H3,(H,21,22)(H,23,24)/t15-,16+,18-,19-/m0/s1. The number of fused-ring (bicyclic) bond motifs is 1. The van der Waals surface area contributed by atoms with Gasteiger partial charge in [0.15, 0.2) is 0 Å². The Bertz CT molecular complexity index is 750. The van der Waals surface area contributed by atoms with E-state index in [1.54, 1.807) is 25.4 Å². The fraction of sp³-hybridized carbons (Fsp3) is 0.400. The van der Waals surface area contributed by atoms with Crippen molar-refractivity contribution in [2.24, 2.45) is 11.8 Å². The van der Waals surface area contributed by atoms with Gasteiger partial charge in [0.25, 0.3) is 5.91 Å². The van der Waals surface area contributed by atoms with E-state index in [0.29, 0.717) is 23.2 Å². The minimum absolute atomic E-state index is 0.0349. The summed E-state index contributed by atoms with van der Waals surface area (Å²) >= 11 is 0. The smallest absolute Gasteiger partial charge is 0.251 e. The summed E-state index contributed by atoms with van der Waals surface area (Å²) < 4.78 is 5.92. The average Bonchev–Trinajstić information content (AvgIpc) is 3.09. The fourth-order valence-corrected chi connectivity index (χ4v) is 4.12. The van der Waals surface area contributed by atoms with Gasteiger partial charge in [0.05, 0.1) is 6.10 Å². The molecule has 4 atom stereocenters. The van der Waals surface area contributed by atoms with Gasteiger partial charge in [-0.05, 0) is 30.5 Å². The van der Waals surface area contributed by atoms with Gasteiger partial charge in [-0.2, -0.15) is 0 Å². The van der Waals surface area contributed by atoms with E-state index < -0.39 is 0 Å². The highest BCUT2D eigenvalue weighted by Gasteiger charge is 2.54. The van der Waals surface area contributed by atoms with Crippen molar-refractivity contribution >= 4 is 11.7 Å². The number of carbonyl (C=O) groups is 1. The Kier molecular flexibility index (Phi) is 4.40. The quantitative estimate of drug-likeness (QED) is 0.880. The molecule has 1 saturated carbocycles. The van der Waals surface area contributed by atoms with E-state index in [4.69, 9.17) is 4.74 Å². The molecule has 2 aromatic rings. The molecule has 0 spiro atoms. The first kappa shape index (κ1) is 16.1. The monoisotopic (exact) mass is 337 g/mol. The summed E-state index contributed by atoms with van der Waals surface area (Å²) in [6.45, 7) is 0.798. The Hall–Kier alpha value is -2.40. The van der Waals surface area contributed by atoms with Crippen molar-refractivity contribution in [3.63, 3.8) is 0 Å². The molecule has 0 radical (unpaired) electrons. The van der Waals surface area contributed by atoms with Crippen LogP contribution in [0.15, 0.2) is 48.7 Å². The van der Waals surface area contributed by atoms with Crippen LogP contribution in [0.5, 0.6) is 0 Å². The highest BCUT2D eigenvalue weighted by molar-refractivity contribution is 5.95. The van der Waals surface area contributed by atoms with Crippen molar-refractivity contribution in [2.75, 3.05) is 19.0 Å². The average molecular weight is 337 g/mol. The third kappa shape index (κ3) is 3.12. The van der Waals surface area contributed by atoms with Crippen molar-refractivity contribution < 1.29 is 9.53 Å². The third-order valence-corrected chi connectivity index (χ3v) is 5.42. The van der Waals surface area contributed by atoms with Crippen LogP contribution in [0, 0.1) is 11.8 Å². The van der Waals surface area contributed by atoms with Gasteiger partial charge in [-0.15, -0.1) is 0 Å². The molecular weight excluding hydrogens is 314 g/mol. The lowest BCUT2D eigenvalue weighted by Gasteiger charge is -2.48. The van der Waals surface area contributed by atoms with E-state index in [0.717, 1.165) is 19.4 Å². The van der Waals surface area contributed by atoms with Crippen molar-refractivity contribution in [1.29, 1.82) is 0 Å². The summed E-state index contributed by atoms with van der Waals surface area (Å²) in [5, 5.41) is 6.22. The van der Waals surface area contributed by atoms with Crippen LogP contribution >= 0.6 is 0 Å². The third-order valence-electron chi connectivity index (χ3n) is 5.42. The number of nitrogens with one attached hydrogen (secondary N) is 2. The maximum absolute atomic E-state index is 12.7. The molecule has 1 aliphatic heterocycles. The first-order chi connectivity index (χ1) is 12.3. The lowest BCUT2D eigenvalue weighted by atomic mass is 9.64. The number of amides is 1. The fourth-order valence-electron chi connectivity index (χ4n) is 4.12. The molecule has 2 N–H and O–H groups in total. The molecule has 25 heavy (non-hydrogen) atoms. The van der Waals surface area contributed by atoms with Crippen molar-refractivity contribution in [3.05, 3.63) is 59.8 Å². The van der Waals surface area contributed by atoms with E-state index >= 15 is 0 Å². The van der Waals surface area contributed by atoms with E-state index in [2.05, 4.69) is 39.9 Å². The number of pyridine rings is 1. The predicted molar refractivity (Wildman–Crippen MR) is 96.5 cm³/mol. The molecule has 1 saturated heterocycles. The first-order valence-corrected chi connectivity index (χ1v) is 8.86. The van der Waals surface area contributed by atoms with Crippen molar-refractivity contribution in [2.45, 2.75) is 25.0 Å². The van der Waals surface area contributed by atoms with Crippen LogP contribution in [0.4, 0.5) is 5.82 Å². The van der Waals surface area contributed by atoms with Gasteiger partial charge in [-0.25, -0.2) is 4.98 Å². The van der Waals surface area contributed by atoms with Crippen LogP contribution in [0.3, 0.4) is 0 Å². The number of rotatable bonds is 5. The molecule has 130 valence electrons. The molecule has 2 aliphatic rings. The molecule has 1 aromatic heterocycles. The molecule has 1 aliphatic carbocycles. The number of benzene rings is 1. The topological polar surface area (TPSA) is 63.2 Å². The Morgan fingerprint density at radius 3 is 2.92 bits per heavy atom. The van der Waals surface area contributed by atoms with E-state index in [1.807, 2.05) is 6.07 Å². The van der Waals surface area contributed by atoms with Gasteiger partial charge in [-0.3, -0.25) is 4.79 Å². The first-order valence-electron chi connectivity index (χ1n) is 8.86. The minimum Gasteiger partial charge on any atom is -0.377 e. The molecule has 1 aromatic carbocycles. The maximum Gasteiger partial charge on any atom is 0.251 e. The van der Waals surface area contributed by atoms with Crippen molar-refractivity contribution in [3.8, 4) is 0 Å². The van der Waals surface area contributed by atoms with Gasteiger partial charge >= 0.3 is 0 Å². The van der Waals surface area contributed by atoms with Gasteiger partial charge in [0.2, 0.25) is 0 Å². The normalized spacial score (nSPS) is 27.2. The van der Waals surface area contributed by atoms with Gasteiger partial charge in [0.1, 0.15) is 5.82 Å². The number of hydrogen-bond acceptors (Lipinski definition) is 4. The number of anilines is 1. The van der Waals surface area contributed by atoms with Crippen LogP contribution < -0.4 is 10.6 Å². The second-order valence-corrected chi connectivity index (χ2v) is 6.82. The predicted octanol–water partition coefficient (Wildman–Crippen LogP) is 2.50. The summed E-state index contributed by atoms with van der Waals surface area (Å²) in [4.78, 5) is 16.9. The zero-order valence-electron chi connectivity index (χ0n) is 14.3. The van der Waals surface area contributed by atoms with Gasteiger partial charge in [0, 0.05) is 43.3 Å². The summed E-state index contributed by atoms with van der Waals surface area (Å²) in [7, 11) is 1.80. The lowest BCUT2D eigenvalue weighted by Crippen LogP contribution is -2.62. The lowest BCUT2D eigenvalue weighted by molar-refractivity contribution is -0.0528. The molecule has 5 heteroatoms. The molecule has 2 fully saturated rings. The number of aromatic nitrogens is 1. The number of carbonyl (C=O) groups excluding carboxylic acids is 1. The highest BCUT2D eigenvalue weighted by atomic mass is 16.5. The summed E-state index contributed by atoms with van der Waals surface area (Å²) in [5.74, 6) is 1.43. The number of nitrogens with zero attached hydrogens (tertiary/aromatic N) is 1. The molecular formula is C20H23N3O2. The molecule has 0 unspecified atom stereocenters. The number of ether oxygens (including phenoxy) is 1. The second-order valence-electron chi connectivity index (χ2n) is 6.82. The molecule has 0 bridgehead atoms. The SMILES string of the molecule is CNc1cc(C(=O)N[C@@H]2[C@@H](Cc3ccccc3)[C@H]3OCC[C@@H]23)ccn1. The Morgan fingerprint density at radius 1 is 1.28 bits per heavy atom. The molecule has 2 heterocycles.